The first kappa shape index (κ1) is 27.7. The van der Waals surface area contributed by atoms with Gasteiger partial charge in [-0.3, -0.25) is 13.8 Å². The van der Waals surface area contributed by atoms with Crippen LogP contribution in [0.1, 0.15) is 91.1 Å². The standard InChI is InChI=1S/C29H39N5O4S/c1-33(23-13-16-34(17-14-23)27-12-15-30-26(32-27)19-39(37)38)29(36)22-8-7-21-9-10-25(24(21)18-22)31-28(35)11-6-20-4-2-3-5-20/h7-8,12,15,18,20,23,25H,2-6,9-11,13-14,16-17,19H2,1H3,(H,31,35)(H,37,38)/p-1. The number of nitrogens with zero attached hydrogens (tertiary/aromatic N) is 4. The molecule has 1 aromatic heterocycles. The van der Waals surface area contributed by atoms with Crippen molar-refractivity contribution in [2.24, 2.45) is 5.92 Å². The van der Waals surface area contributed by atoms with Crippen LogP contribution in [0.5, 0.6) is 0 Å². The van der Waals surface area contributed by atoms with E-state index in [0.717, 1.165) is 50.8 Å². The Bertz CT molecular complexity index is 1210. The van der Waals surface area contributed by atoms with Crippen molar-refractivity contribution in [3.8, 4) is 0 Å². The summed E-state index contributed by atoms with van der Waals surface area (Å²) in [5, 5.41) is 3.24. The minimum Gasteiger partial charge on any atom is -0.772 e. The number of benzene rings is 1. The van der Waals surface area contributed by atoms with Crippen molar-refractivity contribution in [3.63, 3.8) is 0 Å². The maximum Gasteiger partial charge on any atom is 0.253 e. The zero-order valence-electron chi connectivity index (χ0n) is 22.6. The van der Waals surface area contributed by atoms with E-state index in [1.54, 1.807) is 12.3 Å². The second kappa shape index (κ2) is 12.6. The van der Waals surface area contributed by atoms with Gasteiger partial charge in [0.15, 0.2) is 0 Å². The molecule has 2 heterocycles. The Morgan fingerprint density at radius 1 is 1.13 bits per heavy atom. The van der Waals surface area contributed by atoms with Gasteiger partial charge in [0.05, 0.1) is 11.8 Å². The molecule has 2 aromatic rings. The van der Waals surface area contributed by atoms with Crippen LogP contribution in [0.4, 0.5) is 5.82 Å². The van der Waals surface area contributed by atoms with E-state index < -0.39 is 11.1 Å². The van der Waals surface area contributed by atoms with Crippen LogP contribution >= 0.6 is 0 Å². The van der Waals surface area contributed by atoms with Gasteiger partial charge in [0.2, 0.25) is 5.91 Å². The van der Waals surface area contributed by atoms with E-state index in [4.69, 9.17) is 0 Å². The van der Waals surface area contributed by atoms with Gasteiger partial charge in [-0.25, -0.2) is 9.97 Å². The number of carbonyl (C=O) groups excluding carboxylic acids is 2. The van der Waals surface area contributed by atoms with Crippen LogP contribution in [0.15, 0.2) is 30.5 Å². The molecule has 10 heteroatoms. The molecule has 1 saturated heterocycles. The molecule has 5 rings (SSSR count). The predicted molar refractivity (Wildman–Crippen MR) is 149 cm³/mol. The van der Waals surface area contributed by atoms with E-state index in [-0.39, 0.29) is 35.5 Å². The van der Waals surface area contributed by atoms with Gasteiger partial charge in [-0.2, -0.15) is 0 Å². The van der Waals surface area contributed by atoms with Crippen molar-refractivity contribution in [1.82, 2.24) is 20.2 Å². The molecule has 1 saturated carbocycles. The molecule has 9 nitrogen and oxygen atoms in total. The monoisotopic (exact) mass is 552 g/mol. The van der Waals surface area contributed by atoms with Crippen molar-refractivity contribution in [2.45, 2.75) is 82.0 Å². The summed E-state index contributed by atoms with van der Waals surface area (Å²) in [6.07, 6.45) is 11.6. The summed E-state index contributed by atoms with van der Waals surface area (Å²) < 4.78 is 22.0. The van der Waals surface area contributed by atoms with E-state index >= 15 is 0 Å². The summed E-state index contributed by atoms with van der Waals surface area (Å²) >= 11 is -2.23. The zero-order valence-corrected chi connectivity index (χ0v) is 23.5. The molecule has 2 aliphatic carbocycles. The largest absolute Gasteiger partial charge is 0.772 e. The Morgan fingerprint density at radius 3 is 2.64 bits per heavy atom. The zero-order chi connectivity index (χ0) is 27.4. The van der Waals surface area contributed by atoms with Gasteiger partial charge in [0.1, 0.15) is 11.6 Å². The second-order valence-corrected chi connectivity index (χ2v) is 12.1. The van der Waals surface area contributed by atoms with Crippen LogP contribution in [0.3, 0.4) is 0 Å². The first-order valence-corrected chi connectivity index (χ1v) is 15.4. The molecule has 2 atom stereocenters. The van der Waals surface area contributed by atoms with E-state index in [2.05, 4.69) is 20.2 Å². The van der Waals surface area contributed by atoms with Crippen LogP contribution in [0.25, 0.3) is 0 Å². The van der Waals surface area contributed by atoms with E-state index in [0.29, 0.717) is 23.7 Å². The van der Waals surface area contributed by atoms with Crippen LogP contribution in [-0.2, 0) is 28.0 Å². The van der Waals surface area contributed by atoms with Gasteiger partial charge in [-0.1, -0.05) is 31.7 Å². The molecular formula is C29H38N5O4S-. The Balaban J connectivity index is 1.16. The number of amides is 2. The van der Waals surface area contributed by atoms with Crippen molar-refractivity contribution in [1.29, 1.82) is 0 Å². The van der Waals surface area contributed by atoms with Crippen molar-refractivity contribution < 1.29 is 18.4 Å². The molecule has 1 aliphatic heterocycles. The SMILES string of the molecule is CN(C(=O)c1ccc2c(c1)C(NC(=O)CCC1CCCC1)CC2)C1CCN(c2ccnc(CS(=O)[O-])n2)CC1. The minimum absolute atomic E-state index is 0.00305. The number of hydrogen-bond acceptors (Lipinski definition) is 7. The number of nitrogens with one attached hydrogen (secondary N) is 1. The number of carbonyl (C=O) groups is 2. The topological polar surface area (TPSA) is 119 Å². The quantitative estimate of drug-likeness (QED) is 0.472. The number of piperidine rings is 1. The summed E-state index contributed by atoms with van der Waals surface area (Å²) in [6, 6.07) is 7.82. The number of aryl methyl sites for hydroxylation is 1. The van der Waals surface area contributed by atoms with Crippen LogP contribution in [0, 0.1) is 5.92 Å². The van der Waals surface area contributed by atoms with Crippen LogP contribution in [0.2, 0.25) is 0 Å². The highest BCUT2D eigenvalue weighted by molar-refractivity contribution is 7.78. The Labute approximate surface area is 233 Å². The third kappa shape index (κ3) is 6.84. The van der Waals surface area contributed by atoms with Crippen LogP contribution < -0.4 is 10.2 Å². The summed E-state index contributed by atoms with van der Waals surface area (Å²) in [5.74, 6) is 1.62. The molecule has 2 fully saturated rings. The molecule has 0 radical (unpaired) electrons. The average Bonchev–Trinajstić information content (AvgIpc) is 3.61. The number of fused-ring (bicyclic) bond motifs is 1. The fourth-order valence-electron chi connectivity index (χ4n) is 6.38. The summed E-state index contributed by atoms with van der Waals surface area (Å²) in [5.41, 5.74) is 2.96. The molecule has 39 heavy (non-hydrogen) atoms. The van der Waals surface area contributed by atoms with Crippen molar-refractivity contribution in [3.05, 3.63) is 53.0 Å². The third-order valence-electron chi connectivity index (χ3n) is 8.65. The van der Waals surface area contributed by atoms with Crippen molar-refractivity contribution >= 4 is 28.7 Å². The fourth-order valence-corrected chi connectivity index (χ4v) is 6.73. The summed E-state index contributed by atoms with van der Waals surface area (Å²) in [7, 11) is 1.87. The van der Waals surface area contributed by atoms with Gasteiger partial charge in [0.25, 0.3) is 5.91 Å². The van der Waals surface area contributed by atoms with E-state index in [1.807, 2.05) is 30.1 Å². The predicted octanol–water partition coefficient (Wildman–Crippen LogP) is 3.67. The number of anilines is 1. The molecule has 1 N–H and O–H groups in total. The number of rotatable bonds is 9. The van der Waals surface area contributed by atoms with Crippen molar-refractivity contribution in [2.75, 3.05) is 25.0 Å². The van der Waals surface area contributed by atoms with Gasteiger partial charge >= 0.3 is 0 Å². The summed E-state index contributed by atoms with van der Waals surface area (Å²) in [6.45, 7) is 1.44. The third-order valence-corrected chi connectivity index (χ3v) is 9.15. The fraction of sp³-hybridized carbons (Fsp3) is 0.586. The van der Waals surface area contributed by atoms with Gasteiger partial charge in [-0.05, 0) is 78.4 Å². The van der Waals surface area contributed by atoms with Gasteiger partial charge in [0, 0.05) is 44.4 Å². The highest BCUT2D eigenvalue weighted by atomic mass is 32.2. The number of aromatic nitrogens is 2. The molecule has 1 aromatic carbocycles. The maximum absolute atomic E-state index is 13.5. The van der Waals surface area contributed by atoms with Gasteiger partial charge in [-0.15, -0.1) is 0 Å². The highest BCUT2D eigenvalue weighted by Crippen LogP contribution is 2.33. The van der Waals surface area contributed by atoms with Crippen LogP contribution in [-0.4, -0.2) is 61.6 Å². The Hall–Kier alpha value is -2.85. The van der Waals surface area contributed by atoms with E-state index in [9.17, 15) is 18.4 Å². The number of hydrogen-bond donors (Lipinski definition) is 1. The first-order chi connectivity index (χ1) is 18.9. The molecule has 0 spiro atoms. The highest BCUT2D eigenvalue weighted by Gasteiger charge is 2.29. The lowest BCUT2D eigenvalue weighted by atomic mass is 10.00. The first-order valence-electron chi connectivity index (χ1n) is 14.2. The molecular weight excluding hydrogens is 514 g/mol. The smallest absolute Gasteiger partial charge is 0.253 e. The molecule has 0 bridgehead atoms. The summed E-state index contributed by atoms with van der Waals surface area (Å²) in [4.78, 5) is 38.5. The lowest BCUT2D eigenvalue weighted by Gasteiger charge is -2.37. The second-order valence-electron chi connectivity index (χ2n) is 11.2. The Kier molecular flexibility index (Phi) is 8.92. The lowest BCUT2D eigenvalue weighted by Crippen LogP contribution is -2.46. The minimum atomic E-state index is -2.23. The lowest BCUT2D eigenvalue weighted by molar-refractivity contribution is -0.122. The van der Waals surface area contributed by atoms with Gasteiger partial charge < -0.3 is 19.7 Å². The molecule has 2 amide bonds. The maximum atomic E-state index is 13.5. The Morgan fingerprint density at radius 2 is 1.90 bits per heavy atom. The molecule has 2 unspecified atom stereocenters. The average molecular weight is 553 g/mol. The molecule has 3 aliphatic rings. The molecule has 210 valence electrons. The normalized spacial score (nSPS) is 20.6. The van der Waals surface area contributed by atoms with E-state index in [1.165, 1.54) is 31.2 Å².